The SMILES string of the molecule is Cc1nc(N[C@H](C)c2cccc(C(F)F)c2F)c2cn([C@]3(C(F)(F)F)CCOC3)c(=O)c(F)c2n1. The molecule has 0 bridgehead atoms. The van der Waals surface area contributed by atoms with Gasteiger partial charge in [-0.05, 0) is 13.8 Å². The first-order valence-electron chi connectivity index (χ1n) is 10.4. The van der Waals surface area contributed by atoms with E-state index in [2.05, 4.69) is 15.3 Å². The molecule has 1 saturated heterocycles. The highest BCUT2D eigenvalue weighted by Gasteiger charge is 2.59. The van der Waals surface area contributed by atoms with Crippen LogP contribution in [0.2, 0.25) is 0 Å². The van der Waals surface area contributed by atoms with Crippen molar-refractivity contribution >= 4 is 16.7 Å². The van der Waals surface area contributed by atoms with Gasteiger partial charge in [-0.1, -0.05) is 18.2 Å². The van der Waals surface area contributed by atoms with Gasteiger partial charge in [0, 0.05) is 24.8 Å². The van der Waals surface area contributed by atoms with Crippen LogP contribution in [0.1, 0.15) is 42.8 Å². The van der Waals surface area contributed by atoms with Crippen LogP contribution in [0, 0.1) is 18.6 Å². The molecule has 1 aliphatic heterocycles. The second-order valence-electron chi connectivity index (χ2n) is 8.25. The summed E-state index contributed by atoms with van der Waals surface area (Å²) in [6.45, 7) is 1.59. The summed E-state index contributed by atoms with van der Waals surface area (Å²) < 4.78 is 103. The van der Waals surface area contributed by atoms with Crippen LogP contribution in [0.5, 0.6) is 0 Å². The number of hydrogen-bond donors (Lipinski definition) is 1. The molecule has 0 radical (unpaired) electrons. The minimum absolute atomic E-state index is 0.0280. The number of benzene rings is 1. The summed E-state index contributed by atoms with van der Waals surface area (Å²) in [7, 11) is 0. The Labute approximate surface area is 193 Å². The first-order valence-corrected chi connectivity index (χ1v) is 10.4. The number of halogens is 7. The number of aryl methyl sites for hydroxylation is 1. The van der Waals surface area contributed by atoms with Gasteiger partial charge in [-0.15, -0.1) is 0 Å². The molecule has 4 rings (SSSR count). The van der Waals surface area contributed by atoms with Gasteiger partial charge in [-0.2, -0.15) is 17.6 Å². The van der Waals surface area contributed by atoms with Gasteiger partial charge in [0.15, 0.2) is 5.54 Å². The Kier molecular flexibility index (Phi) is 6.24. The molecule has 6 nitrogen and oxygen atoms in total. The zero-order valence-corrected chi connectivity index (χ0v) is 18.4. The van der Waals surface area contributed by atoms with Crippen molar-refractivity contribution in [2.75, 3.05) is 18.5 Å². The first-order chi connectivity index (χ1) is 16.4. The number of pyridine rings is 1. The maximum Gasteiger partial charge on any atom is 0.414 e. The standard InChI is InChI=1S/C22H19F7N4O2/c1-10(12-4-3-5-13(15(12)23)18(25)26)30-19-14-8-33(21(22(27,28)29)6-7-35-9-21)20(34)16(24)17(14)31-11(2)32-19/h3-5,8,10,18H,6-7,9H2,1-2H3,(H,30,31,32)/t10-,21-/m1/s1. The molecule has 1 N–H and O–H groups in total. The molecule has 1 fully saturated rings. The fraction of sp³-hybridized carbons (Fsp3) is 0.409. The fourth-order valence-corrected chi connectivity index (χ4v) is 4.15. The summed E-state index contributed by atoms with van der Waals surface area (Å²) in [5, 5.41) is 2.46. The van der Waals surface area contributed by atoms with E-state index in [1.54, 1.807) is 0 Å². The molecule has 0 spiro atoms. The summed E-state index contributed by atoms with van der Waals surface area (Å²) in [4.78, 5) is 20.6. The third kappa shape index (κ3) is 4.11. The molecule has 1 aromatic carbocycles. The first kappa shape index (κ1) is 24.9. The van der Waals surface area contributed by atoms with E-state index in [-0.39, 0.29) is 33.8 Å². The number of nitrogens with one attached hydrogen (secondary N) is 1. The van der Waals surface area contributed by atoms with Crippen molar-refractivity contribution in [2.45, 2.75) is 44.5 Å². The molecule has 3 heterocycles. The topological polar surface area (TPSA) is 69.0 Å². The Morgan fingerprint density at radius 3 is 2.43 bits per heavy atom. The number of fused-ring (bicyclic) bond motifs is 1. The molecule has 0 amide bonds. The second-order valence-corrected chi connectivity index (χ2v) is 8.25. The van der Waals surface area contributed by atoms with E-state index in [1.807, 2.05) is 0 Å². The second kappa shape index (κ2) is 8.77. The van der Waals surface area contributed by atoms with Gasteiger partial charge < -0.3 is 10.1 Å². The van der Waals surface area contributed by atoms with Crippen molar-refractivity contribution in [3.8, 4) is 0 Å². The van der Waals surface area contributed by atoms with E-state index in [0.717, 1.165) is 12.3 Å². The Morgan fingerprint density at radius 1 is 1.14 bits per heavy atom. The number of nitrogens with zero attached hydrogens (tertiary/aromatic N) is 3. The van der Waals surface area contributed by atoms with Crippen LogP contribution in [0.4, 0.5) is 36.6 Å². The lowest BCUT2D eigenvalue weighted by Gasteiger charge is -2.32. The van der Waals surface area contributed by atoms with Crippen LogP contribution in [0.25, 0.3) is 10.9 Å². The quantitative estimate of drug-likeness (QED) is 0.486. The lowest BCUT2D eigenvalue weighted by Crippen LogP contribution is -2.53. The lowest BCUT2D eigenvalue weighted by molar-refractivity contribution is -0.214. The van der Waals surface area contributed by atoms with Crippen molar-refractivity contribution in [1.82, 2.24) is 14.5 Å². The number of ether oxygens (including phenoxy) is 1. The number of alkyl halides is 5. The van der Waals surface area contributed by atoms with E-state index in [4.69, 9.17) is 4.74 Å². The molecule has 1 aliphatic rings. The van der Waals surface area contributed by atoms with Crippen LogP contribution in [0.15, 0.2) is 29.2 Å². The number of aromatic nitrogens is 3. The van der Waals surface area contributed by atoms with E-state index in [0.29, 0.717) is 0 Å². The Morgan fingerprint density at radius 2 is 1.83 bits per heavy atom. The summed E-state index contributed by atoms with van der Waals surface area (Å²) in [6, 6.07) is 2.39. The van der Waals surface area contributed by atoms with Crippen LogP contribution >= 0.6 is 0 Å². The number of anilines is 1. The monoisotopic (exact) mass is 504 g/mol. The van der Waals surface area contributed by atoms with Crippen LogP contribution in [-0.4, -0.2) is 33.9 Å². The van der Waals surface area contributed by atoms with Gasteiger partial charge in [-0.25, -0.2) is 23.1 Å². The third-order valence-corrected chi connectivity index (χ3v) is 6.03. The Bertz CT molecular complexity index is 1330. The van der Waals surface area contributed by atoms with Gasteiger partial charge in [0.05, 0.1) is 23.6 Å². The minimum atomic E-state index is -4.95. The van der Waals surface area contributed by atoms with Gasteiger partial charge in [-0.3, -0.25) is 9.36 Å². The zero-order valence-electron chi connectivity index (χ0n) is 18.4. The maximum absolute atomic E-state index is 15.1. The molecule has 0 unspecified atom stereocenters. The average Bonchev–Trinajstić information content (AvgIpc) is 3.27. The molecule has 0 aliphatic carbocycles. The van der Waals surface area contributed by atoms with E-state index in [9.17, 15) is 31.1 Å². The minimum Gasteiger partial charge on any atom is -0.379 e. The smallest absolute Gasteiger partial charge is 0.379 e. The summed E-state index contributed by atoms with van der Waals surface area (Å²) in [5.74, 6) is -2.92. The molecule has 3 aromatic rings. The van der Waals surface area contributed by atoms with Crippen molar-refractivity contribution < 1.29 is 35.5 Å². The van der Waals surface area contributed by atoms with Crippen molar-refractivity contribution in [2.24, 2.45) is 0 Å². The number of rotatable bonds is 5. The van der Waals surface area contributed by atoms with Gasteiger partial charge in [0.2, 0.25) is 5.82 Å². The van der Waals surface area contributed by atoms with Crippen LogP contribution in [-0.2, 0) is 10.3 Å². The van der Waals surface area contributed by atoms with E-state index < -0.39 is 65.5 Å². The average molecular weight is 504 g/mol. The molecule has 35 heavy (non-hydrogen) atoms. The molecule has 13 heteroatoms. The number of hydrogen-bond acceptors (Lipinski definition) is 5. The summed E-state index contributed by atoms with van der Waals surface area (Å²) >= 11 is 0. The van der Waals surface area contributed by atoms with Crippen LogP contribution < -0.4 is 10.9 Å². The molecule has 188 valence electrons. The normalized spacial score (nSPS) is 19.5. The molecule has 0 saturated carbocycles. The fourth-order valence-electron chi connectivity index (χ4n) is 4.15. The van der Waals surface area contributed by atoms with Gasteiger partial charge in [0.1, 0.15) is 23.0 Å². The van der Waals surface area contributed by atoms with E-state index in [1.165, 1.54) is 26.0 Å². The van der Waals surface area contributed by atoms with Gasteiger partial charge >= 0.3 is 6.18 Å². The summed E-state index contributed by atoms with van der Waals surface area (Å²) in [5.41, 5.74) is -5.87. The Balaban J connectivity index is 1.89. The van der Waals surface area contributed by atoms with E-state index >= 15 is 4.39 Å². The Hall–Kier alpha value is -3.22. The third-order valence-electron chi connectivity index (χ3n) is 6.03. The van der Waals surface area contributed by atoms with Gasteiger partial charge in [0.25, 0.3) is 12.0 Å². The lowest BCUT2D eigenvalue weighted by atomic mass is 9.97. The predicted molar refractivity (Wildman–Crippen MR) is 111 cm³/mol. The zero-order chi connectivity index (χ0) is 25.7. The van der Waals surface area contributed by atoms with Crippen LogP contribution in [0.3, 0.4) is 0 Å². The molecule has 2 atom stereocenters. The molecular weight excluding hydrogens is 485 g/mol. The van der Waals surface area contributed by atoms with Crippen molar-refractivity contribution in [3.63, 3.8) is 0 Å². The van der Waals surface area contributed by atoms with Crippen molar-refractivity contribution in [3.05, 3.63) is 63.3 Å². The predicted octanol–water partition coefficient (Wildman–Crippen LogP) is 5.17. The summed E-state index contributed by atoms with van der Waals surface area (Å²) in [6.07, 6.45) is -7.83. The largest absolute Gasteiger partial charge is 0.414 e. The highest BCUT2D eigenvalue weighted by molar-refractivity contribution is 5.89. The highest BCUT2D eigenvalue weighted by atomic mass is 19.4. The van der Waals surface area contributed by atoms with Crippen molar-refractivity contribution in [1.29, 1.82) is 0 Å². The molecular formula is C22H19F7N4O2. The molecule has 2 aromatic heterocycles. The highest BCUT2D eigenvalue weighted by Crippen LogP contribution is 2.43. The maximum atomic E-state index is 15.1.